The third-order valence-electron chi connectivity index (χ3n) is 5.13. The van der Waals surface area contributed by atoms with E-state index in [1.807, 2.05) is 13.8 Å². The highest BCUT2D eigenvalue weighted by molar-refractivity contribution is 8.13. The van der Waals surface area contributed by atoms with Gasteiger partial charge in [0.05, 0.1) is 11.5 Å². The molecule has 10 heteroatoms. The maximum absolute atomic E-state index is 13.6. The van der Waals surface area contributed by atoms with Crippen LogP contribution in [-0.4, -0.2) is 45.4 Å². The molecule has 1 heterocycles. The second-order valence-electron chi connectivity index (χ2n) is 7.49. The molecule has 0 spiro atoms. The van der Waals surface area contributed by atoms with Gasteiger partial charge in [0.15, 0.2) is 0 Å². The van der Waals surface area contributed by atoms with Crippen molar-refractivity contribution in [3.05, 3.63) is 59.4 Å². The molecule has 0 amide bonds. The minimum absolute atomic E-state index is 0.0282. The highest BCUT2D eigenvalue weighted by atomic mass is 32.3. The molecule has 170 valence electrons. The summed E-state index contributed by atoms with van der Waals surface area (Å²) < 4.78 is 70.7. The Morgan fingerprint density at radius 1 is 1.06 bits per heavy atom. The Bertz CT molecular complexity index is 1130. The number of nitrogens with zero attached hydrogens (tertiary/aromatic N) is 1. The maximum Gasteiger partial charge on any atom is 0.297 e. The highest BCUT2D eigenvalue weighted by Crippen LogP contribution is 2.48. The van der Waals surface area contributed by atoms with E-state index in [0.717, 1.165) is 10.5 Å². The Balaban J connectivity index is 1.72. The van der Waals surface area contributed by atoms with Crippen LogP contribution in [0.4, 0.5) is 4.39 Å². The lowest BCUT2D eigenvalue weighted by Gasteiger charge is -2.26. The van der Waals surface area contributed by atoms with Gasteiger partial charge in [0.1, 0.15) is 10.4 Å². The Labute approximate surface area is 188 Å². The maximum atomic E-state index is 13.6. The van der Waals surface area contributed by atoms with Crippen molar-refractivity contribution in [1.82, 2.24) is 4.31 Å². The SMILES string of the molecule is CCCN(CCOS(=O)(=O)c1ccc(C)cc1)S(=O)(=O)C1Sc2ccc(F)cc2C1C. The first-order valence-corrected chi connectivity index (χ1v) is 13.8. The van der Waals surface area contributed by atoms with E-state index < -0.39 is 36.5 Å². The Morgan fingerprint density at radius 2 is 1.74 bits per heavy atom. The second-order valence-corrected chi connectivity index (χ2v) is 12.6. The Kier molecular flexibility index (Phi) is 7.47. The number of hydrogen-bond donors (Lipinski definition) is 0. The largest absolute Gasteiger partial charge is 0.297 e. The summed E-state index contributed by atoms with van der Waals surface area (Å²) in [5, 5.41) is 0. The molecule has 0 N–H and O–H groups in total. The standard InChI is InChI=1S/C21H26FNO5S3/c1-4-11-23(12-13-28-31(26,27)18-8-5-15(2)6-9-18)30(24,25)21-16(3)19-14-17(22)7-10-20(19)29-21/h5-10,14,16,21H,4,11-13H2,1-3H3. The fourth-order valence-electron chi connectivity index (χ4n) is 3.46. The van der Waals surface area contributed by atoms with Gasteiger partial charge in [-0.25, -0.2) is 12.8 Å². The van der Waals surface area contributed by atoms with Crippen molar-refractivity contribution in [2.45, 2.75) is 47.5 Å². The van der Waals surface area contributed by atoms with Crippen molar-refractivity contribution in [3.63, 3.8) is 0 Å². The fourth-order valence-corrected chi connectivity index (χ4v) is 8.37. The molecule has 0 bridgehead atoms. The topological polar surface area (TPSA) is 80.8 Å². The van der Waals surface area contributed by atoms with Gasteiger partial charge in [0.2, 0.25) is 10.0 Å². The molecule has 3 rings (SSSR count). The summed E-state index contributed by atoms with van der Waals surface area (Å²) in [6, 6.07) is 10.6. The van der Waals surface area contributed by atoms with Gasteiger partial charge < -0.3 is 0 Å². The lowest BCUT2D eigenvalue weighted by molar-refractivity contribution is 0.275. The second kappa shape index (κ2) is 9.58. The lowest BCUT2D eigenvalue weighted by atomic mass is 10.0. The van der Waals surface area contributed by atoms with Crippen LogP contribution < -0.4 is 0 Å². The van der Waals surface area contributed by atoms with Crippen LogP contribution in [0, 0.1) is 12.7 Å². The molecule has 0 saturated carbocycles. The minimum Gasteiger partial charge on any atom is -0.265 e. The summed E-state index contributed by atoms with van der Waals surface area (Å²) in [6.07, 6.45) is 0.567. The molecule has 6 nitrogen and oxygen atoms in total. The monoisotopic (exact) mass is 487 g/mol. The van der Waals surface area contributed by atoms with Crippen molar-refractivity contribution in [1.29, 1.82) is 0 Å². The van der Waals surface area contributed by atoms with Crippen LogP contribution in [0.15, 0.2) is 52.3 Å². The summed E-state index contributed by atoms with van der Waals surface area (Å²) in [5.41, 5.74) is 1.59. The van der Waals surface area contributed by atoms with Crippen molar-refractivity contribution >= 4 is 31.9 Å². The summed E-state index contributed by atoms with van der Waals surface area (Å²) in [7, 11) is -7.76. The molecule has 2 aromatic carbocycles. The van der Waals surface area contributed by atoms with Crippen molar-refractivity contribution in [2.24, 2.45) is 0 Å². The molecule has 0 radical (unpaired) electrons. The average molecular weight is 488 g/mol. The van der Waals surface area contributed by atoms with Gasteiger partial charge >= 0.3 is 0 Å². The van der Waals surface area contributed by atoms with Gasteiger partial charge in [-0.3, -0.25) is 4.18 Å². The molecule has 2 unspecified atom stereocenters. The number of hydrogen-bond acceptors (Lipinski definition) is 6. The molecule has 2 atom stereocenters. The minimum atomic E-state index is -3.98. The molecule has 0 aliphatic carbocycles. The molecule has 0 saturated heterocycles. The van der Waals surface area contributed by atoms with E-state index in [1.54, 1.807) is 25.1 Å². The number of thioether (sulfide) groups is 1. The average Bonchev–Trinajstić information content (AvgIpc) is 3.04. The molecule has 31 heavy (non-hydrogen) atoms. The summed E-state index contributed by atoms with van der Waals surface area (Å²) in [6.45, 7) is 5.33. The molecule has 0 aromatic heterocycles. The van der Waals surface area contributed by atoms with Crippen molar-refractivity contribution < 1.29 is 25.4 Å². The Morgan fingerprint density at radius 3 is 2.39 bits per heavy atom. The predicted molar refractivity (Wildman–Crippen MR) is 120 cm³/mol. The zero-order chi connectivity index (χ0) is 22.8. The number of sulfonamides is 1. The van der Waals surface area contributed by atoms with E-state index in [0.29, 0.717) is 12.0 Å². The van der Waals surface area contributed by atoms with Crippen molar-refractivity contribution in [3.8, 4) is 0 Å². The van der Waals surface area contributed by atoms with Gasteiger partial charge in [-0.1, -0.05) is 31.5 Å². The molecular formula is C21H26FNO5S3. The van der Waals surface area contributed by atoms with E-state index in [2.05, 4.69) is 0 Å². The predicted octanol–water partition coefficient (Wildman–Crippen LogP) is 4.12. The van der Waals surface area contributed by atoms with Crippen LogP contribution in [0.3, 0.4) is 0 Å². The van der Waals surface area contributed by atoms with Crippen LogP contribution in [-0.2, 0) is 24.3 Å². The molecule has 0 fully saturated rings. The molecular weight excluding hydrogens is 461 g/mol. The van der Waals surface area contributed by atoms with Crippen molar-refractivity contribution in [2.75, 3.05) is 19.7 Å². The van der Waals surface area contributed by atoms with Gasteiger partial charge in [0, 0.05) is 23.9 Å². The molecule has 1 aliphatic rings. The number of rotatable bonds is 9. The lowest BCUT2D eigenvalue weighted by Crippen LogP contribution is -2.41. The normalized spacial score (nSPS) is 19.0. The van der Waals surface area contributed by atoms with Crippen LogP contribution in [0.5, 0.6) is 0 Å². The number of halogens is 1. The third-order valence-corrected chi connectivity index (χ3v) is 10.8. The first-order valence-electron chi connectivity index (χ1n) is 9.97. The van der Waals surface area contributed by atoms with Gasteiger partial charge in [0.25, 0.3) is 10.1 Å². The quantitative estimate of drug-likeness (QED) is 0.495. The summed E-state index contributed by atoms with van der Waals surface area (Å²) >= 11 is 1.20. The summed E-state index contributed by atoms with van der Waals surface area (Å²) in [4.78, 5) is 0.776. The number of aryl methyl sites for hydroxylation is 1. The summed E-state index contributed by atoms with van der Waals surface area (Å²) in [5.74, 6) is -0.790. The van der Waals surface area contributed by atoms with Gasteiger partial charge in [-0.2, -0.15) is 12.7 Å². The van der Waals surface area contributed by atoms with Crippen LogP contribution in [0.25, 0.3) is 0 Å². The van der Waals surface area contributed by atoms with Crippen LogP contribution >= 0.6 is 11.8 Å². The van der Waals surface area contributed by atoms with Crippen LogP contribution in [0.1, 0.15) is 37.3 Å². The zero-order valence-corrected chi connectivity index (χ0v) is 20.1. The first kappa shape index (κ1) is 24.2. The Hall–Kier alpha value is -1.46. The van der Waals surface area contributed by atoms with Gasteiger partial charge in [-0.15, -0.1) is 11.8 Å². The fraction of sp³-hybridized carbons (Fsp3) is 0.429. The smallest absolute Gasteiger partial charge is 0.265 e. The van der Waals surface area contributed by atoms with E-state index in [4.69, 9.17) is 4.18 Å². The molecule has 2 aromatic rings. The van der Waals surface area contributed by atoms with E-state index >= 15 is 0 Å². The third kappa shape index (κ3) is 5.31. The van der Waals surface area contributed by atoms with E-state index in [1.165, 1.54) is 40.3 Å². The highest BCUT2D eigenvalue weighted by Gasteiger charge is 2.42. The van der Waals surface area contributed by atoms with E-state index in [-0.39, 0.29) is 24.6 Å². The van der Waals surface area contributed by atoms with Crippen LogP contribution in [0.2, 0.25) is 0 Å². The molecule has 1 aliphatic heterocycles. The number of fused-ring (bicyclic) bond motifs is 1. The van der Waals surface area contributed by atoms with Gasteiger partial charge in [-0.05, 0) is 49.2 Å². The number of benzene rings is 2. The van der Waals surface area contributed by atoms with E-state index in [9.17, 15) is 21.2 Å². The zero-order valence-electron chi connectivity index (χ0n) is 17.6. The first-order chi connectivity index (χ1) is 14.6.